The third kappa shape index (κ3) is 16.2. The molecule has 0 radical (unpaired) electrons. The highest BCUT2D eigenvalue weighted by atomic mass is 16.6. The Morgan fingerprint density at radius 1 is 0.750 bits per heavy atom. The maximum Gasteiger partial charge on any atom is 0.320 e. The molecule has 0 aromatic rings. The second-order valence-corrected chi connectivity index (χ2v) is 10.7. The van der Waals surface area contributed by atoms with E-state index in [0.29, 0.717) is 6.42 Å². The third-order valence-corrected chi connectivity index (χ3v) is 6.72. The van der Waals surface area contributed by atoms with Crippen molar-refractivity contribution in [2.45, 2.75) is 161 Å². The first-order valence-electron chi connectivity index (χ1n) is 14.5. The van der Waals surface area contributed by atoms with Crippen LogP contribution in [0.3, 0.4) is 0 Å². The van der Waals surface area contributed by atoms with Crippen LogP contribution in [0, 0.1) is 5.92 Å². The summed E-state index contributed by atoms with van der Waals surface area (Å²) in [6.45, 7) is 7.73. The van der Waals surface area contributed by atoms with Crippen LogP contribution in [0.1, 0.15) is 124 Å². The van der Waals surface area contributed by atoms with Crippen LogP contribution in [0.5, 0.6) is 0 Å². The normalized spacial score (nSPS) is 24.9. The number of rotatable bonds is 19. The SMILES string of the molecule is CC(C)CC(NC1O[C@H](CO)[C@@H](O)[C@H](O)[C@H]1O)C(=O)O.CCCCCCCCCCCCCCCC. The Hall–Kier alpha value is -0.770. The number of aliphatic hydroxyl groups is 4. The highest BCUT2D eigenvalue weighted by Gasteiger charge is 2.44. The monoisotopic (exact) mass is 519 g/mol. The molecule has 1 saturated heterocycles. The van der Waals surface area contributed by atoms with Gasteiger partial charge >= 0.3 is 5.97 Å². The predicted octanol–water partition coefficient (Wildman–Crippen LogP) is 4.36. The molecule has 1 aliphatic heterocycles. The molecular weight excluding hydrogens is 462 g/mol. The Morgan fingerprint density at radius 3 is 1.50 bits per heavy atom. The number of carbonyl (C=O) groups is 1. The molecule has 2 unspecified atom stereocenters. The van der Waals surface area contributed by atoms with E-state index in [1.54, 1.807) is 0 Å². The van der Waals surface area contributed by atoms with Crippen LogP contribution in [0.15, 0.2) is 0 Å². The number of unbranched alkanes of at least 4 members (excludes halogenated alkanes) is 13. The van der Waals surface area contributed by atoms with Gasteiger partial charge in [0.05, 0.1) is 6.61 Å². The number of hydrogen-bond donors (Lipinski definition) is 6. The highest BCUT2D eigenvalue weighted by Crippen LogP contribution is 2.21. The zero-order chi connectivity index (χ0) is 27.3. The first-order chi connectivity index (χ1) is 17.2. The molecule has 216 valence electrons. The summed E-state index contributed by atoms with van der Waals surface area (Å²) in [7, 11) is 0. The molecule has 36 heavy (non-hydrogen) atoms. The molecule has 0 bridgehead atoms. The molecule has 1 fully saturated rings. The van der Waals surface area contributed by atoms with Crippen molar-refractivity contribution >= 4 is 5.97 Å². The van der Waals surface area contributed by atoms with E-state index in [9.17, 15) is 20.1 Å². The Kier molecular flexibility index (Phi) is 21.8. The fraction of sp³-hybridized carbons (Fsp3) is 0.964. The number of aliphatic carboxylic acids is 1. The van der Waals surface area contributed by atoms with Crippen molar-refractivity contribution in [3.63, 3.8) is 0 Å². The van der Waals surface area contributed by atoms with E-state index >= 15 is 0 Å². The molecule has 8 nitrogen and oxygen atoms in total. The van der Waals surface area contributed by atoms with Gasteiger partial charge in [0, 0.05) is 0 Å². The van der Waals surface area contributed by atoms with Gasteiger partial charge < -0.3 is 30.3 Å². The summed E-state index contributed by atoms with van der Waals surface area (Å²) in [5, 5.41) is 49.8. The Balaban J connectivity index is 0.000000700. The van der Waals surface area contributed by atoms with Gasteiger partial charge in [0.1, 0.15) is 36.7 Å². The zero-order valence-electron chi connectivity index (χ0n) is 23.4. The molecule has 0 aromatic carbocycles. The number of ether oxygens (including phenoxy) is 1. The molecule has 0 saturated carbocycles. The minimum atomic E-state index is -1.52. The fourth-order valence-corrected chi connectivity index (χ4v) is 4.42. The average molecular weight is 520 g/mol. The Bertz CT molecular complexity index is 504. The largest absolute Gasteiger partial charge is 0.480 e. The standard InChI is InChI=1S/C16H34.C12H23NO7/c1-3-5-7-9-11-13-15-16-14-12-10-8-6-4-2;1-5(2)3-6(12(18)19)13-11-10(17)9(16)8(15)7(4-14)20-11/h3-16H2,1-2H3;5-11,13-17H,3-4H2,1-2H3,(H,18,19)/t;6?,7-,8-,9+,10-,11?/m.1/s1. The van der Waals surface area contributed by atoms with Gasteiger partial charge in [-0.1, -0.05) is 118 Å². The molecule has 1 rings (SSSR count). The van der Waals surface area contributed by atoms with Crippen LogP contribution in [-0.2, 0) is 9.53 Å². The van der Waals surface area contributed by atoms with E-state index in [1.807, 2.05) is 13.8 Å². The Labute approximate surface area is 219 Å². The van der Waals surface area contributed by atoms with Crippen molar-refractivity contribution in [2.24, 2.45) is 5.92 Å². The zero-order valence-corrected chi connectivity index (χ0v) is 23.4. The molecule has 0 amide bonds. The minimum Gasteiger partial charge on any atom is -0.480 e. The average Bonchev–Trinajstić information content (AvgIpc) is 2.84. The topological polar surface area (TPSA) is 139 Å². The summed E-state index contributed by atoms with van der Waals surface area (Å²) >= 11 is 0. The van der Waals surface area contributed by atoms with Crippen LogP contribution in [-0.4, -0.2) is 74.8 Å². The first-order valence-corrected chi connectivity index (χ1v) is 14.5. The van der Waals surface area contributed by atoms with Crippen LogP contribution in [0.4, 0.5) is 0 Å². The molecule has 0 aliphatic carbocycles. The summed E-state index contributed by atoms with van der Waals surface area (Å²) in [5.41, 5.74) is 0. The summed E-state index contributed by atoms with van der Waals surface area (Å²) in [6.07, 6.45) is 14.0. The molecule has 8 heteroatoms. The second kappa shape index (κ2) is 22.2. The Morgan fingerprint density at radius 2 is 1.17 bits per heavy atom. The molecule has 1 heterocycles. The van der Waals surface area contributed by atoms with Crippen LogP contribution in [0.2, 0.25) is 0 Å². The van der Waals surface area contributed by atoms with Gasteiger partial charge in [-0.05, 0) is 12.3 Å². The predicted molar refractivity (Wildman–Crippen MR) is 144 cm³/mol. The first kappa shape index (κ1) is 35.2. The summed E-state index contributed by atoms with van der Waals surface area (Å²) < 4.78 is 5.21. The van der Waals surface area contributed by atoms with Gasteiger partial charge in [-0.25, -0.2) is 0 Å². The number of carboxylic acid groups (broad SMARTS) is 1. The maximum absolute atomic E-state index is 11.2. The van der Waals surface area contributed by atoms with Crippen molar-refractivity contribution in [1.82, 2.24) is 5.32 Å². The summed E-state index contributed by atoms with van der Waals surface area (Å²) in [4.78, 5) is 11.2. The third-order valence-electron chi connectivity index (χ3n) is 6.72. The quantitative estimate of drug-likeness (QED) is 0.138. The van der Waals surface area contributed by atoms with Crippen LogP contribution >= 0.6 is 0 Å². The number of nitrogens with one attached hydrogen (secondary N) is 1. The van der Waals surface area contributed by atoms with Gasteiger partial charge in [0.2, 0.25) is 0 Å². The molecule has 1 aliphatic rings. The minimum absolute atomic E-state index is 0.105. The van der Waals surface area contributed by atoms with Crippen molar-refractivity contribution in [3.8, 4) is 0 Å². The van der Waals surface area contributed by atoms with E-state index in [1.165, 1.54) is 89.9 Å². The number of aliphatic hydroxyl groups excluding tert-OH is 4. The molecule has 0 spiro atoms. The lowest BCUT2D eigenvalue weighted by molar-refractivity contribution is -0.238. The van der Waals surface area contributed by atoms with Gasteiger partial charge in [-0.15, -0.1) is 0 Å². The van der Waals surface area contributed by atoms with Gasteiger partial charge in [-0.2, -0.15) is 0 Å². The second-order valence-electron chi connectivity index (χ2n) is 10.7. The van der Waals surface area contributed by atoms with Gasteiger partial charge in [-0.3, -0.25) is 10.1 Å². The van der Waals surface area contributed by atoms with E-state index < -0.39 is 49.3 Å². The van der Waals surface area contributed by atoms with Crippen molar-refractivity contribution in [2.75, 3.05) is 6.61 Å². The van der Waals surface area contributed by atoms with Gasteiger partial charge in [0.15, 0.2) is 0 Å². The summed E-state index contributed by atoms with van der Waals surface area (Å²) in [6, 6.07) is -0.962. The van der Waals surface area contributed by atoms with Crippen molar-refractivity contribution in [3.05, 3.63) is 0 Å². The maximum atomic E-state index is 11.2. The van der Waals surface area contributed by atoms with Crippen molar-refractivity contribution in [1.29, 1.82) is 0 Å². The molecule has 6 atom stereocenters. The lowest BCUT2D eigenvalue weighted by Gasteiger charge is -2.41. The fourth-order valence-electron chi connectivity index (χ4n) is 4.42. The summed E-state index contributed by atoms with van der Waals surface area (Å²) in [5.74, 6) is -0.996. The number of carboxylic acids is 1. The molecule has 0 aromatic heterocycles. The van der Waals surface area contributed by atoms with Crippen molar-refractivity contribution < 1.29 is 35.1 Å². The van der Waals surface area contributed by atoms with E-state index in [4.69, 9.17) is 14.9 Å². The molecule has 6 N–H and O–H groups in total. The van der Waals surface area contributed by atoms with E-state index in [0.717, 1.165) is 0 Å². The van der Waals surface area contributed by atoms with E-state index in [-0.39, 0.29) is 5.92 Å². The number of hydrogen-bond acceptors (Lipinski definition) is 7. The highest BCUT2D eigenvalue weighted by molar-refractivity contribution is 5.73. The lowest BCUT2D eigenvalue weighted by atomic mass is 9.97. The van der Waals surface area contributed by atoms with E-state index in [2.05, 4.69) is 19.2 Å². The smallest absolute Gasteiger partial charge is 0.320 e. The molecular formula is C28H57NO7. The van der Waals surface area contributed by atoms with Gasteiger partial charge in [0.25, 0.3) is 0 Å². The van der Waals surface area contributed by atoms with Crippen LogP contribution in [0.25, 0.3) is 0 Å². The van der Waals surface area contributed by atoms with Crippen LogP contribution < -0.4 is 5.32 Å². The lowest BCUT2D eigenvalue weighted by Crippen LogP contribution is -2.64.